The minimum atomic E-state index is -0.592. The summed E-state index contributed by atoms with van der Waals surface area (Å²) in [5, 5.41) is 0. The van der Waals surface area contributed by atoms with Gasteiger partial charge in [-0.1, -0.05) is 12.1 Å². The molecule has 1 aromatic carbocycles. The van der Waals surface area contributed by atoms with Crippen molar-refractivity contribution in [2.24, 2.45) is 5.73 Å². The van der Waals surface area contributed by atoms with Gasteiger partial charge in [0.05, 0.1) is 19.8 Å². The van der Waals surface area contributed by atoms with E-state index in [0.29, 0.717) is 44.0 Å². The smallest absolute Gasteiger partial charge is 0.349 e. The standard InChI is InChI=1S/C21H26N2O5.ClH/c1-14-11-17(8-5-15-3-6-16(26-2)7-4-15)28-21(25)19(14)20(24)23-9-10-27-18(12-22)13-23;/h3-4,6-7,11,18H,5,8-10,12-13,22H2,1-2H3;1H. The van der Waals surface area contributed by atoms with Crippen LogP contribution in [0.5, 0.6) is 5.75 Å². The van der Waals surface area contributed by atoms with Crippen molar-refractivity contribution in [3.63, 3.8) is 0 Å². The van der Waals surface area contributed by atoms with Crippen LogP contribution in [0.25, 0.3) is 0 Å². The van der Waals surface area contributed by atoms with Crippen LogP contribution in [0.2, 0.25) is 0 Å². The lowest BCUT2D eigenvalue weighted by atomic mass is 10.1. The summed E-state index contributed by atoms with van der Waals surface area (Å²) in [6, 6.07) is 9.53. The molecule has 1 aliphatic rings. The van der Waals surface area contributed by atoms with Crippen LogP contribution in [0, 0.1) is 6.92 Å². The average molecular weight is 423 g/mol. The van der Waals surface area contributed by atoms with Gasteiger partial charge in [0.2, 0.25) is 0 Å². The Labute approximate surface area is 176 Å². The highest BCUT2D eigenvalue weighted by Crippen LogP contribution is 2.16. The maximum atomic E-state index is 12.8. The van der Waals surface area contributed by atoms with Crippen molar-refractivity contribution in [2.75, 3.05) is 33.4 Å². The fourth-order valence-corrected chi connectivity index (χ4v) is 3.32. The summed E-state index contributed by atoms with van der Waals surface area (Å²) in [5.74, 6) is 1.04. The summed E-state index contributed by atoms with van der Waals surface area (Å²) in [5.41, 5.74) is 6.87. The van der Waals surface area contributed by atoms with E-state index in [4.69, 9.17) is 19.6 Å². The molecule has 0 bridgehead atoms. The maximum absolute atomic E-state index is 12.8. The summed E-state index contributed by atoms with van der Waals surface area (Å²) in [6.07, 6.45) is 1.10. The van der Waals surface area contributed by atoms with Gasteiger partial charge >= 0.3 is 5.63 Å². The number of halogens is 1. The van der Waals surface area contributed by atoms with Crippen LogP contribution in [-0.2, 0) is 17.6 Å². The number of carbonyl (C=O) groups excluding carboxylic acids is 1. The van der Waals surface area contributed by atoms with Crippen molar-refractivity contribution < 1.29 is 18.7 Å². The van der Waals surface area contributed by atoms with Gasteiger partial charge in [-0.25, -0.2) is 4.79 Å². The molecule has 0 radical (unpaired) electrons. The molecule has 158 valence electrons. The molecule has 3 rings (SSSR count). The molecule has 1 fully saturated rings. The predicted octanol–water partition coefficient (Wildman–Crippen LogP) is 1.96. The summed E-state index contributed by atoms with van der Waals surface area (Å²) in [6.45, 7) is 3.34. The van der Waals surface area contributed by atoms with Crippen molar-refractivity contribution >= 4 is 18.3 Å². The van der Waals surface area contributed by atoms with Gasteiger partial charge in [-0.2, -0.15) is 0 Å². The zero-order chi connectivity index (χ0) is 20.1. The minimum Gasteiger partial charge on any atom is -0.497 e. The molecule has 1 amide bonds. The van der Waals surface area contributed by atoms with Crippen LogP contribution in [0.4, 0.5) is 0 Å². The van der Waals surface area contributed by atoms with Gasteiger partial charge < -0.3 is 24.5 Å². The number of aryl methyl sites for hydroxylation is 3. The van der Waals surface area contributed by atoms with E-state index in [0.717, 1.165) is 17.7 Å². The Hall–Kier alpha value is -2.35. The first-order valence-electron chi connectivity index (χ1n) is 9.39. The van der Waals surface area contributed by atoms with E-state index in [2.05, 4.69) is 0 Å². The second-order valence-electron chi connectivity index (χ2n) is 6.89. The Morgan fingerprint density at radius 3 is 2.62 bits per heavy atom. The second kappa shape index (κ2) is 10.4. The zero-order valence-corrected chi connectivity index (χ0v) is 17.5. The van der Waals surface area contributed by atoms with Crippen molar-refractivity contribution in [2.45, 2.75) is 25.9 Å². The van der Waals surface area contributed by atoms with Gasteiger partial charge in [0.15, 0.2) is 0 Å². The molecular formula is C21H27ClN2O5. The van der Waals surface area contributed by atoms with Crippen molar-refractivity contribution in [1.82, 2.24) is 4.90 Å². The molecule has 1 aromatic heterocycles. The lowest BCUT2D eigenvalue weighted by molar-refractivity contribution is -0.0169. The first-order valence-corrected chi connectivity index (χ1v) is 9.39. The fourth-order valence-electron chi connectivity index (χ4n) is 3.32. The molecule has 1 saturated heterocycles. The summed E-state index contributed by atoms with van der Waals surface area (Å²) in [7, 11) is 1.63. The fraction of sp³-hybridized carbons (Fsp3) is 0.429. The van der Waals surface area contributed by atoms with E-state index < -0.39 is 5.63 Å². The van der Waals surface area contributed by atoms with E-state index in [1.165, 1.54) is 0 Å². The molecule has 8 heteroatoms. The average Bonchev–Trinajstić information content (AvgIpc) is 2.72. The van der Waals surface area contributed by atoms with Crippen molar-refractivity contribution in [1.29, 1.82) is 0 Å². The quantitative estimate of drug-likeness (QED) is 0.764. The van der Waals surface area contributed by atoms with Crippen LogP contribution < -0.4 is 16.1 Å². The second-order valence-corrected chi connectivity index (χ2v) is 6.89. The van der Waals surface area contributed by atoms with E-state index in [1.54, 1.807) is 25.0 Å². The molecule has 2 aromatic rings. The Bertz CT molecular complexity index is 882. The molecule has 29 heavy (non-hydrogen) atoms. The first-order chi connectivity index (χ1) is 13.5. The third-order valence-corrected chi connectivity index (χ3v) is 4.92. The SMILES string of the molecule is COc1ccc(CCc2cc(C)c(C(=O)N3CCOC(CN)C3)c(=O)o2)cc1.Cl. The molecule has 2 N–H and O–H groups in total. The van der Waals surface area contributed by atoms with E-state index in [-0.39, 0.29) is 30.0 Å². The van der Waals surface area contributed by atoms with Gasteiger partial charge in [0.1, 0.15) is 17.1 Å². The van der Waals surface area contributed by atoms with Crippen LogP contribution in [0.3, 0.4) is 0 Å². The first kappa shape index (κ1) is 22.9. The number of methoxy groups -OCH3 is 1. The number of carbonyl (C=O) groups is 1. The Kier molecular flexibility index (Phi) is 8.25. The van der Waals surface area contributed by atoms with Crippen LogP contribution in [0.1, 0.15) is 27.2 Å². The number of benzene rings is 1. The molecule has 2 heterocycles. The van der Waals surface area contributed by atoms with Crippen LogP contribution in [-0.4, -0.2) is 50.3 Å². The minimum absolute atomic E-state index is 0. The number of nitrogens with zero attached hydrogens (tertiary/aromatic N) is 1. The number of nitrogens with two attached hydrogens (primary N) is 1. The molecular weight excluding hydrogens is 396 g/mol. The number of hydrogen-bond donors (Lipinski definition) is 1. The van der Waals surface area contributed by atoms with E-state index >= 15 is 0 Å². The Morgan fingerprint density at radius 1 is 1.28 bits per heavy atom. The van der Waals surface area contributed by atoms with Gasteiger partial charge in [-0.3, -0.25) is 4.79 Å². The number of morpholine rings is 1. The summed E-state index contributed by atoms with van der Waals surface area (Å²) >= 11 is 0. The molecule has 1 unspecified atom stereocenters. The van der Waals surface area contributed by atoms with E-state index in [1.807, 2.05) is 24.3 Å². The largest absolute Gasteiger partial charge is 0.497 e. The number of rotatable bonds is 6. The molecule has 0 saturated carbocycles. The van der Waals surface area contributed by atoms with Gasteiger partial charge in [-0.05, 0) is 42.7 Å². The van der Waals surface area contributed by atoms with Gasteiger partial charge in [-0.15, -0.1) is 12.4 Å². The topological polar surface area (TPSA) is 95.0 Å². The highest BCUT2D eigenvalue weighted by atomic mass is 35.5. The Balaban J connectivity index is 0.00000300. The molecule has 1 aliphatic heterocycles. The highest BCUT2D eigenvalue weighted by Gasteiger charge is 2.27. The van der Waals surface area contributed by atoms with Crippen LogP contribution in [0.15, 0.2) is 39.5 Å². The molecule has 7 nitrogen and oxygen atoms in total. The highest BCUT2D eigenvalue weighted by molar-refractivity contribution is 5.95. The summed E-state index contributed by atoms with van der Waals surface area (Å²) < 4.78 is 16.1. The number of hydrogen-bond acceptors (Lipinski definition) is 6. The summed E-state index contributed by atoms with van der Waals surface area (Å²) in [4.78, 5) is 26.9. The monoisotopic (exact) mass is 422 g/mol. The zero-order valence-electron chi connectivity index (χ0n) is 16.7. The molecule has 1 atom stereocenters. The van der Waals surface area contributed by atoms with Crippen molar-refractivity contribution in [3.8, 4) is 5.75 Å². The normalized spacial score (nSPS) is 16.2. The number of ether oxygens (including phenoxy) is 2. The third kappa shape index (κ3) is 5.59. The van der Waals surface area contributed by atoms with Gasteiger partial charge in [0, 0.05) is 26.1 Å². The third-order valence-electron chi connectivity index (χ3n) is 4.92. The maximum Gasteiger partial charge on any atom is 0.349 e. The predicted molar refractivity (Wildman–Crippen MR) is 112 cm³/mol. The van der Waals surface area contributed by atoms with Gasteiger partial charge in [0.25, 0.3) is 5.91 Å². The molecule has 0 spiro atoms. The van der Waals surface area contributed by atoms with Crippen molar-refractivity contribution in [3.05, 3.63) is 63.2 Å². The number of amides is 1. The van der Waals surface area contributed by atoms with Crippen LogP contribution >= 0.6 is 12.4 Å². The van der Waals surface area contributed by atoms with E-state index in [9.17, 15) is 9.59 Å². The Morgan fingerprint density at radius 2 is 2.00 bits per heavy atom. The lowest BCUT2D eigenvalue weighted by Crippen LogP contribution is -2.49. The lowest BCUT2D eigenvalue weighted by Gasteiger charge is -2.32. The molecule has 0 aliphatic carbocycles.